The maximum absolute atomic E-state index is 14.6. The number of rotatable bonds is 17. The molecule has 14 nitrogen and oxygen atoms in total. The summed E-state index contributed by atoms with van der Waals surface area (Å²) in [6, 6.07) is 3.83. The van der Waals surface area contributed by atoms with E-state index in [0.717, 1.165) is 16.5 Å². The molecule has 0 fully saturated rings. The van der Waals surface area contributed by atoms with Gasteiger partial charge in [0.05, 0.1) is 19.3 Å². The lowest BCUT2D eigenvalue weighted by Crippen LogP contribution is -2.63. The quantitative estimate of drug-likeness (QED) is 0.103. The summed E-state index contributed by atoms with van der Waals surface area (Å²) in [6.07, 6.45) is 2.69. The monoisotopic (exact) mass is 797 g/mol. The molecule has 4 amide bonds. The fraction of sp³-hybridized carbons (Fsp3) is 0.628. The largest absolute Gasteiger partial charge is 0.466 e. The third-order valence-corrected chi connectivity index (χ3v) is 9.71. The van der Waals surface area contributed by atoms with Crippen LogP contribution in [0.25, 0.3) is 10.9 Å². The van der Waals surface area contributed by atoms with Gasteiger partial charge in [0.1, 0.15) is 23.7 Å². The van der Waals surface area contributed by atoms with Crippen LogP contribution in [0.4, 0.5) is 4.79 Å². The summed E-state index contributed by atoms with van der Waals surface area (Å²) < 4.78 is 17.7. The van der Waals surface area contributed by atoms with Crippen molar-refractivity contribution in [2.24, 2.45) is 18.4 Å². The highest BCUT2D eigenvalue weighted by atomic mass is 16.6. The van der Waals surface area contributed by atoms with Crippen LogP contribution in [0.1, 0.15) is 108 Å². The van der Waals surface area contributed by atoms with Crippen molar-refractivity contribution in [3.05, 3.63) is 47.7 Å². The summed E-state index contributed by atoms with van der Waals surface area (Å²) in [5.41, 5.74) is -0.634. The number of fused-ring (bicyclic) bond motifs is 1. The van der Waals surface area contributed by atoms with Crippen LogP contribution in [0.2, 0.25) is 0 Å². The molecule has 4 atom stereocenters. The van der Waals surface area contributed by atoms with Crippen molar-refractivity contribution < 1.29 is 43.0 Å². The maximum Gasteiger partial charge on any atom is 0.408 e. The third-order valence-electron chi connectivity index (χ3n) is 9.71. The highest BCUT2D eigenvalue weighted by Gasteiger charge is 2.44. The minimum absolute atomic E-state index is 0.0171. The highest BCUT2D eigenvalue weighted by Crippen LogP contribution is 2.35. The van der Waals surface area contributed by atoms with Crippen LogP contribution in [0.5, 0.6) is 0 Å². The summed E-state index contributed by atoms with van der Waals surface area (Å²) in [5.74, 6) is -2.94. The number of benzene rings is 1. The third kappa shape index (κ3) is 13.3. The SMILES string of the molecule is CCOC(=O)CC[C@@H](NC(=O)/C(C)=C/[C@H](C(C)C)N(C)C(=O)[C@@H](NC(=O)[C@@H](NC(=O)OC(C)(C)C)C(C)(C)c1cn(C)c2ccccc12)C(C)(C)C)C(=O)OCC. The van der Waals surface area contributed by atoms with E-state index in [1.54, 1.807) is 54.7 Å². The summed E-state index contributed by atoms with van der Waals surface area (Å²) in [6.45, 7) is 23.4. The molecule has 0 radical (unpaired) electrons. The van der Waals surface area contributed by atoms with Crippen LogP contribution >= 0.6 is 0 Å². The summed E-state index contributed by atoms with van der Waals surface area (Å²) in [7, 11) is 3.52. The van der Waals surface area contributed by atoms with E-state index in [-0.39, 0.29) is 37.5 Å². The predicted molar refractivity (Wildman–Crippen MR) is 220 cm³/mol. The second-order valence-corrected chi connectivity index (χ2v) is 17.4. The van der Waals surface area contributed by atoms with Gasteiger partial charge in [-0.1, -0.05) is 72.7 Å². The molecule has 57 heavy (non-hydrogen) atoms. The van der Waals surface area contributed by atoms with Crippen molar-refractivity contribution >= 4 is 46.7 Å². The Labute approximate surface area is 338 Å². The summed E-state index contributed by atoms with van der Waals surface area (Å²) >= 11 is 0. The molecule has 0 bridgehead atoms. The fourth-order valence-electron chi connectivity index (χ4n) is 6.58. The maximum atomic E-state index is 14.6. The lowest BCUT2D eigenvalue weighted by molar-refractivity contribution is -0.148. The Bertz CT molecular complexity index is 1780. The van der Waals surface area contributed by atoms with Gasteiger partial charge in [0.2, 0.25) is 17.7 Å². The predicted octanol–water partition coefficient (Wildman–Crippen LogP) is 5.70. The van der Waals surface area contributed by atoms with E-state index in [2.05, 4.69) is 16.0 Å². The van der Waals surface area contributed by atoms with Crippen LogP contribution in [-0.2, 0) is 50.6 Å². The van der Waals surface area contributed by atoms with Gasteiger partial charge in [-0.2, -0.15) is 0 Å². The zero-order valence-corrected chi connectivity index (χ0v) is 36.7. The number of nitrogens with one attached hydrogen (secondary N) is 3. The van der Waals surface area contributed by atoms with Crippen molar-refractivity contribution in [3.8, 4) is 0 Å². The van der Waals surface area contributed by atoms with Crippen LogP contribution in [0.3, 0.4) is 0 Å². The standard InChI is InChI=1S/C43H67N5O9/c1-16-55-33(49)23-22-30(39(53)56-17-2)44-36(50)27(5)24-32(26(3)4)48(15)38(52)35(41(6,7)8)45-37(51)34(46-40(54)57-42(9,10)11)43(12,13)29-25-47(14)31-21-19-18-20-28(29)31/h18-21,24-26,30,32,34-35H,16-17,22-23H2,1-15H3,(H,44,50)(H,45,51)(H,46,54)/b27-24+/t30-,32-,34-,35-/m1/s1. The Morgan fingerprint density at radius 1 is 0.860 bits per heavy atom. The van der Waals surface area contributed by atoms with E-state index in [1.807, 2.05) is 90.5 Å². The topological polar surface area (TPSA) is 174 Å². The van der Waals surface area contributed by atoms with Gasteiger partial charge in [0.15, 0.2) is 0 Å². The van der Waals surface area contributed by atoms with E-state index >= 15 is 0 Å². The molecule has 3 N–H and O–H groups in total. The van der Waals surface area contributed by atoms with Gasteiger partial charge >= 0.3 is 18.0 Å². The number of para-hydroxylation sites is 1. The van der Waals surface area contributed by atoms with E-state index in [4.69, 9.17) is 14.2 Å². The number of aryl methyl sites for hydroxylation is 1. The van der Waals surface area contributed by atoms with Gasteiger partial charge in [0.25, 0.3) is 0 Å². The number of nitrogens with zero attached hydrogens (tertiary/aromatic N) is 2. The normalized spacial score (nSPS) is 14.6. The van der Waals surface area contributed by atoms with E-state index < -0.39 is 76.4 Å². The molecule has 1 heterocycles. The van der Waals surface area contributed by atoms with E-state index in [0.29, 0.717) is 0 Å². The fourth-order valence-corrected chi connectivity index (χ4v) is 6.58. The van der Waals surface area contributed by atoms with Crippen molar-refractivity contribution in [3.63, 3.8) is 0 Å². The molecule has 2 rings (SSSR count). The van der Waals surface area contributed by atoms with Crippen molar-refractivity contribution in [1.29, 1.82) is 0 Å². The van der Waals surface area contributed by atoms with E-state index in [1.165, 1.54) is 4.90 Å². The molecule has 0 spiro atoms. The molecule has 0 aliphatic heterocycles. The molecular weight excluding hydrogens is 730 g/mol. The second-order valence-electron chi connectivity index (χ2n) is 17.4. The van der Waals surface area contributed by atoms with Crippen LogP contribution < -0.4 is 16.0 Å². The number of alkyl carbamates (subject to hydrolysis) is 1. The lowest BCUT2D eigenvalue weighted by Gasteiger charge is -2.40. The number of esters is 2. The van der Waals surface area contributed by atoms with Gasteiger partial charge in [0, 0.05) is 48.6 Å². The minimum atomic E-state index is -1.18. The van der Waals surface area contributed by atoms with E-state index in [9.17, 15) is 28.8 Å². The number of hydrogen-bond donors (Lipinski definition) is 3. The van der Waals surface area contributed by atoms with Gasteiger partial charge in [-0.3, -0.25) is 19.2 Å². The number of carbonyl (C=O) groups excluding carboxylic acids is 6. The first-order valence-corrected chi connectivity index (χ1v) is 19.7. The van der Waals surface area contributed by atoms with Crippen LogP contribution in [0, 0.1) is 11.3 Å². The zero-order valence-electron chi connectivity index (χ0n) is 36.7. The first kappa shape index (κ1) is 48.3. The number of hydrogen-bond acceptors (Lipinski definition) is 9. The van der Waals surface area contributed by atoms with Crippen molar-refractivity contribution in [2.75, 3.05) is 20.3 Å². The first-order valence-electron chi connectivity index (χ1n) is 19.7. The lowest BCUT2D eigenvalue weighted by atomic mass is 9.76. The zero-order chi connectivity index (χ0) is 43.6. The molecule has 0 aliphatic rings. The Morgan fingerprint density at radius 2 is 1.46 bits per heavy atom. The molecular formula is C43H67N5O9. The molecule has 318 valence electrons. The smallest absolute Gasteiger partial charge is 0.408 e. The number of carbonyl (C=O) groups is 6. The average molecular weight is 798 g/mol. The minimum Gasteiger partial charge on any atom is -0.466 e. The Kier molecular flexibility index (Phi) is 16.9. The second kappa shape index (κ2) is 20.0. The first-order chi connectivity index (χ1) is 26.3. The van der Waals surface area contributed by atoms with Gasteiger partial charge in [-0.25, -0.2) is 9.59 Å². The number of ether oxygens (including phenoxy) is 3. The van der Waals surface area contributed by atoms with Gasteiger partial charge in [-0.15, -0.1) is 0 Å². The molecule has 1 aromatic heterocycles. The Balaban J connectivity index is 2.50. The molecule has 0 unspecified atom stereocenters. The molecule has 0 aliphatic carbocycles. The van der Waals surface area contributed by atoms with Crippen molar-refractivity contribution in [1.82, 2.24) is 25.4 Å². The molecule has 1 aromatic carbocycles. The summed E-state index contributed by atoms with van der Waals surface area (Å²) in [5, 5.41) is 9.40. The van der Waals surface area contributed by atoms with Crippen LogP contribution in [0.15, 0.2) is 42.1 Å². The molecule has 0 saturated heterocycles. The Morgan fingerprint density at radius 3 is 2.00 bits per heavy atom. The Hall–Kier alpha value is -4.88. The molecule has 14 heteroatoms. The number of amides is 4. The average Bonchev–Trinajstić information content (AvgIpc) is 3.45. The number of aromatic nitrogens is 1. The number of likely N-dealkylation sites (N-methyl/N-ethyl adjacent to an activating group) is 1. The molecule has 0 saturated carbocycles. The molecule has 2 aromatic rings. The highest BCUT2D eigenvalue weighted by molar-refractivity contribution is 5.97. The van der Waals surface area contributed by atoms with Crippen LogP contribution in [-0.4, -0.2) is 95.3 Å². The van der Waals surface area contributed by atoms with Crippen molar-refractivity contribution in [2.45, 2.75) is 138 Å². The van der Waals surface area contributed by atoms with Gasteiger partial charge in [-0.05, 0) is 70.9 Å². The van der Waals surface area contributed by atoms with Gasteiger partial charge < -0.3 is 39.6 Å². The summed E-state index contributed by atoms with van der Waals surface area (Å²) in [4.78, 5) is 82.1.